The Bertz CT molecular complexity index is 1040. The number of aromatic nitrogens is 4. The Morgan fingerprint density at radius 2 is 1.84 bits per heavy atom. The SMILES string of the molecule is Cc1ccc(-n2nnc(-c3nc(-c4ccccc4Cl)cs3)c2N)cc1. The largest absolute Gasteiger partial charge is 0.382 e. The molecule has 0 saturated carbocycles. The topological polar surface area (TPSA) is 69.6 Å². The second-order valence-electron chi connectivity index (χ2n) is 5.59. The van der Waals surface area contributed by atoms with Gasteiger partial charge in [-0.25, -0.2) is 4.98 Å². The molecule has 2 aromatic heterocycles. The summed E-state index contributed by atoms with van der Waals surface area (Å²) in [7, 11) is 0. The number of anilines is 1. The second-order valence-corrected chi connectivity index (χ2v) is 6.85. The lowest BCUT2D eigenvalue weighted by atomic mass is 10.2. The zero-order chi connectivity index (χ0) is 17.4. The molecule has 0 aliphatic heterocycles. The molecule has 7 heteroatoms. The molecule has 4 rings (SSSR count). The molecular weight excluding hydrogens is 354 g/mol. The molecule has 0 radical (unpaired) electrons. The van der Waals surface area contributed by atoms with Gasteiger partial charge in [0.1, 0.15) is 5.01 Å². The predicted molar refractivity (Wildman–Crippen MR) is 102 cm³/mol. The third-order valence-electron chi connectivity index (χ3n) is 3.84. The summed E-state index contributed by atoms with van der Waals surface area (Å²) in [5.41, 5.74) is 10.6. The summed E-state index contributed by atoms with van der Waals surface area (Å²) in [4.78, 5) is 4.63. The van der Waals surface area contributed by atoms with Crippen LogP contribution in [0.5, 0.6) is 0 Å². The van der Waals surface area contributed by atoms with Gasteiger partial charge in [0.2, 0.25) is 0 Å². The van der Waals surface area contributed by atoms with E-state index < -0.39 is 0 Å². The Hall–Kier alpha value is -2.70. The summed E-state index contributed by atoms with van der Waals surface area (Å²) in [6.45, 7) is 2.03. The molecule has 0 fully saturated rings. The van der Waals surface area contributed by atoms with Crippen LogP contribution in [0.3, 0.4) is 0 Å². The van der Waals surface area contributed by atoms with E-state index in [2.05, 4.69) is 15.3 Å². The first-order valence-electron chi connectivity index (χ1n) is 7.62. The second kappa shape index (κ2) is 6.31. The highest BCUT2D eigenvalue weighted by Gasteiger charge is 2.17. The third-order valence-corrected chi connectivity index (χ3v) is 5.02. The Morgan fingerprint density at radius 3 is 2.60 bits per heavy atom. The van der Waals surface area contributed by atoms with Gasteiger partial charge in [-0.15, -0.1) is 16.4 Å². The van der Waals surface area contributed by atoms with Crippen LogP contribution in [0.1, 0.15) is 5.56 Å². The molecular formula is C18H14ClN5S. The molecule has 2 N–H and O–H groups in total. The molecule has 0 spiro atoms. The number of hydrogen-bond acceptors (Lipinski definition) is 5. The van der Waals surface area contributed by atoms with E-state index in [1.54, 1.807) is 4.68 Å². The molecule has 5 nitrogen and oxygen atoms in total. The number of nitrogens with zero attached hydrogens (tertiary/aromatic N) is 4. The van der Waals surface area contributed by atoms with Gasteiger partial charge in [0.05, 0.1) is 11.4 Å². The van der Waals surface area contributed by atoms with Crippen molar-refractivity contribution in [1.82, 2.24) is 20.0 Å². The predicted octanol–water partition coefficient (Wildman–Crippen LogP) is 4.60. The summed E-state index contributed by atoms with van der Waals surface area (Å²) in [6, 6.07) is 15.5. The zero-order valence-corrected chi connectivity index (χ0v) is 14.9. The summed E-state index contributed by atoms with van der Waals surface area (Å²) in [5, 5.41) is 11.7. The summed E-state index contributed by atoms with van der Waals surface area (Å²) in [6.07, 6.45) is 0. The number of benzene rings is 2. The van der Waals surface area contributed by atoms with E-state index in [0.29, 0.717) is 21.5 Å². The van der Waals surface area contributed by atoms with Crippen molar-refractivity contribution in [1.29, 1.82) is 0 Å². The first-order chi connectivity index (χ1) is 12.1. The quantitative estimate of drug-likeness (QED) is 0.574. The number of nitrogen functional groups attached to an aromatic ring is 1. The fraction of sp³-hybridized carbons (Fsp3) is 0.0556. The van der Waals surface area contributed by atoms with Gasteiger partial charge >= 0.3 is 0 Å². The minimum absolute atomic E-state index is 0.462. The monoisotopic (exact) mass is 367 g/mol. The molecule has 0 unspecified atom stereocenters. The first kappa shape index (κ1) is 15.8. The molecule has 0 saturated heterocycles. The lowest BCUT2D eigenvalue weighted by Gasteiger charge is -2.03. The fourth-order valence-electron chi connectivity index (χ4n) is 2.49. The van der Waals surface area contributed by atoms with E-state index >= 15 is 0 Å². The van der Waals surface area contributed by atoms with E-state index in [4.69, 9.17) is 17.3 Å². The molecule has 4 aromatic rings. The molecule has 0 atom stereocenters. The molecule has 25 heavy (non-hydrogen) atoms. The van der Waals surface area contributed by atoms with Crippen LogP contribution in [0.4, 0.5) is 5.82 Å². The maximum atomic E-state index is 6.26. The average Bonchev–Trinajstić information content (AvgIpc) is 3.23. The van der Waals surface area contributed by atoms with Gasteiger partial charge in [-0.1, -0.05) is 52.7 Å². The van der Waals surface area contributed by atoms with Gasteiger partial charge in [0, 0.05) is 16.0 Å². The standard InChI is InChI=1S/C18H14ClN5S/c1-11-6-8-12(9-7-11)24-17(20)16(22-23-24)18-21-15(10-25-18)13-4-2-3-5-14(13)19/h2-10H,20H2,1H3. The average molecular weight is 368 g/mol. The molecule has 0 bridgehead atoms. The number of thiazole rings is 1. The smallest absolute Gasteiger partial charge is 0.165 e. The lowest BCUT2D eigenvalue weighted by molar-refractivity contribution is 0.810. The molecule has 2 heterocycles. The minimum atomic E-state index is 0.462. The van der Waals surface area contributed by atoms with Gasteiger partial charge < -0.3 is 5.73 Å². The van der Waals surface area contributed by atoms with Gasteiger partial charge in [-0.2, -0.15) is 4.68 Å². The van der Waals surface area contributed by atoms with Crippen molar-refractivity contribution in [2.45, 2.75) is 6.92 Å². The van der Waals surface area contributed by atoms with Crippen molar-refractivity contribution in [2.75, 3.05) is 5.73 Å². The van der Waals surface area contributed by atoms with Crippen LogP contribution in [0, 0.1) is 6.92 Å². The Labute approximate surface area is 153 Å². The van der Waals surface area contributed by atoms with Crippen LogP contribution in [-0.2, 0) is 0 Å². The van der Waals surface area contributed by atoms with Crippen molar-refractivity contribution in [3.8, 4) is 27.6 Å². The van der Waals surface area contributed by atoms with Gasteiger partial charge in [-0.3, -0.25) is 0 Å². The molecule has 0 amide bonds. The van der Waals surface area contributed by atoms with E-state index in [1.165, 1.54) is 16.9 Å². The molecule has 124 valence electrons. The summed E-state index contributed by atoms with van der Waals surface area (Å²) in [5.74, 6) is 0.462. The molecule has 2 aromatic carbocycles. The minimum Gasteiger partial charge on any atom is -0.382 e. The number of rotatable bonds is 3. The van der Waals surface area contributed by atoms with E-state index in [9.17, 15) is 0 Å². The number of nitrogens with two attached hydrogens (primary N) is 1. The number of aryl methyl sites for hydroxylation is 1. The van der Waals surface area contributed by atoms with E-state index in [-0.39, 0.29) is 0 Å². The normalized spacial score (nSPS) is 11.0. The molecule has 0 aliphatic carbocycles. The van der Waals surface area contributed by atoms with Crippen LogP contribution in [0.15, 0.2) is 53.9 Å². The lowest BCUT2D eigenvalue weighted by Crippen LogP contribution is -2.02. The van der Waals surface area contributed by atoms with Crippen molar-refractivity contribution >= 4 is 28.8 Å². The Kier molecular flexibility index (Phi) is 3.99. The van der Waals surface area contributed by atoms with Gasteiger partial charge in [0.15, 0.2) is 11.5 Å². The van der Waals surface area contributed by atoms with E-state index in [1.807, 2.05) is 60.8 Å². The number of hydrogen-bond donors (Lipinski definition) is 1. The maximum Gasteiger partial charge on any atom is 0.165 e. The van der Waals surface area contributed by atoms with Crippen LogP contribution in [0.2, 0.25) is 5.02 Å². The zero-order valence-electron chi connectivity index (χ0n) is 13.3. The van der Waals surface area contributed by atoms with Gasteiger partial charge in [-0.05, 0) is 25.1 Å². The van der Waals surface area contributed by atoms with Crippen LogP contribution in [0.25, 0.3) is 27.6 Å². The first-order valence-corrected chi connectivity index (χ1v) is 8.88. The molecule has 0 aliphatic rings. The Morgan fingerprint density at radius 1 is 1.08 bits per heavy atom. The van der Waals surface area contributed by atoms with Crippen molar-refractivity contribution in [3.05, 3.63) is 64.5 Å². The van der Waals surface area contributed by atoms with E-state index in [0.717, 1.165) is 16.9 Å². The van der Waals surface area contributed by atoms with Crippen LogP contribution in [-0.4, -0.2) is 20.0 Å². The fourth-order valence-corrected chi connectivity index (χ4v) is 3.54. The maximum absolute atomic E-state index is 6.26. The van der Waals surface area contributed by atoms with Crippen molar-refractivity contribution < 1.29 is 0 Å². The van der Waals surface area contributed by atoms with Crippen LogP contribution >= 0.6 is 22.9 Å². The summed E-state index contributed by atoms with van der Waals surface area (Å²) >= 11 is 7.72. The van der Waals surface area contributed by atoms with Gasteiger partial charge in [0.25, 0.3) is 0 Å². The van der Waals surface area contributed by atoms with Crippen molar-refractivity contribution in [3.63, 3.8) is 0 Å². The highest BCUT2D eigenvalue weighted by Crippen LogP contribution is 2.34. The number of halogens is 1. The highest BCUT2D eigenvalue weighted by molar-refractivity contribution is 7.13. The highest BCUT2D eigenvalue weighted by atomic mass is 35.5. The third kappa shape index (κ3) is 2.90. The van der Waals surface area contributed by atoms with Crippen molar-refractivity contribution in [2.24, 2.45) is 0 Å². The summed E-state index contributed by atoms with van der Waals surface area (Å²) < 4.78 is 1.62. The van der Waals surface area contributed by atoms with Crippen LogP contribution < -0.4 is 5.73 Å². The Balaban J connectivity index is 1.72.